The van der Waals surface area contributed by atoms with Crippen LogP contribution in [0.15, 0.2) is 35.4 Å². The normalized spacial score (nSPS) is 11.3. The first kappa shape index (κ1) is 14.9. The number of nitrogens with two attached hydrogens (primary N) is 1. The number of anilines is 2. The highest BCUT2D eigenvalue weighted by Crippen LogP contribution is 2.29. The third kappa shape index (κ3) is 2.98. The molecule has 5 nitrogen and oxygen atoms in total. The summed E-state index contributed by atoms with van der Waals surface area (Å²) >= 11 is 11.7. The number of nitrogens with zero attached hydrogens (tertiary/aromatic N) is 1. The standard InChI is InChI=1S/C12H11Cl2N3O2S/c1-7-4-5-16-12(14)11(7)17-20(18,19)10-6-8(13)2-3-9(10)15/h2-6,17H,15H2,1H3. The smallest absolute Gasteiger partial charge is 0.264 e. The largest absolute Gasteiger partial charge is 0.398 e. The van der Waals surface area contributed by atoms with Gasteiger partial charge < -0.3 is 5.73 Å². The van der Waals surface area contributed by atoms with Crippen molar-refractivity contribution < 1.29 is 8.42 Å². The number of nitrogen functional groups attached to an aromatic ring is 1. The topological polar surface area (TPSA) is 85.1 Å². The molecule has 0 aliphatic heterocycles. The minimum Gasteiger partial charge on any atom is -0.398 e. The van der Waals surface area contributed by atoms with Gasteiger partial charge in [0.15, 0.2) is 5.15 Å². The molecule has 20 heavy (non-hydrogen) atoms. The molecule has 0 saturated heterocycles. The van der Waals surface area contributed by atoms with Crippen molar-refractivity contribution >= 4 is 44.6 Å². The van der Waals surface area contributed by atoms with Crippen molar-refractivity contribution in [2.75, 3.05) is 10.5 Å². The molecule has 2 aromatic rings. The zero-order valence-electron chi connectivity index (χ0n) is 10.4. The fourth-order valence-corrected chi connectivity index (χ4v) is 3.42. The summed E-state index contributed by atoms with van der Waals surface area (Å²) in [4.78, 5) is 3.73. The Morgan fingerprint density at radius 2 is 1.95 bits per heavy atom. The molecule has 1 aromatic heterocycles. The Morgan fingerprint density at radius 1 is 1.25 bits per heavy atom. The van der Waals surface area contributed by atoms with Crippen LogP contribution >= 0.6 is 23.2 Å². The first-order valence-electron chi connectivity index (χ1n) is 5.50. The molecule has 0 aliphatic carbocycles. The van der Waals surface area contributed by atoms with Crippen molar-refractivity contribution in [1.82, 2.24) is 4.98 Å². The molecule has 2 rings (SSSR count). The molecule has 3 N–H and O–H groups in total. The average molecular weight is 332 g/mol. The number of aryl methyl sites for hydroxylation is 1. The van der Waals surface area contributed by atoms with Gasteiger partial charge in [0.2, 0.25) is 0 Å². The van der Waals surface area contributed by atoms with Crippen LogP contribution < -0.4 is 10.5 Å². The monoisotopic (exact) mass is 331 g/mol. The van der Waals surface area contributed by atoms with Crippen LogP contribution in [0.2, 0.25) is 10.2 Å². The summed E-state index contributed by atoms with van der Waals surface area (Å²) in [5.41, 5.74) is 6.64. The maximum atomic E-state index is 12.3. The minimum absolute atomic E-state index is 0.0641. The van der Waals surface area contributed by atoms with Crippen molar-refractivity contribution in [3.63, 3.8) is 0 Å². The van der Waals surface area contributed by atoms with E-state index in [-0.39, 0.29) is 26.4 Å². The zero-order valence-corrected chi connectivity index (χ0v) is 12.7. The van der Waals surface area contributed by atoms with E-state index in [0.717, 1.165) is 0 Å². The fraction of sp³-hybridized carbons (Fsp3) is 0.0833. The van der Waals surface area contributed by atoms with Crippen molar-refractivity contribution in [2.45, 2.75) is 11.8 Å². The van der Waals surface area contributed by atoms with Crippen molar-refractivity contribution in [3.8, 4) is 0 Å². The summed E-state index contributed by atoms with van der Waals surface area (Å²) < 4.78 is 27.1. The molecule has 0 unspecified atom stereocenters. The predicted molar refractivity (Wildman–Crippen MR) is 80.7 cm³/mol. The first-order chi connectivity index (χ1) is 9.31. The maximum absolute atomic E-state index is 12.3. The number of nitrogens with one attached hydrogen (secondary N) is 1. The highest BCUT2D eigenvalue weighted by molar-refractivity contribution is 7.93. The molecule has 8 heteroatoms. The number of rotatable bonds is 3. The summed E-state index contributed by atoms with van der Waals surface area (Å²) in [5, 5.41) is 0.336. The van der Waals surface area contributed by atoms with E-state index in [9.17, 15) is 8.42 Å². The Bertz CT molecular complexity index is 743. The van der Waals surface area contributed by atoms with Gasteiger partial charge in [-0.25, -0.2) is 13.4 Å². The van der Waals surface area contributed by atoms with E-state index in [4.69, 9.17) is 28.9 Å². The Balaban J connectivity index is 2.49. The van der Waals surface area contributed by atoms with Crippen LogP contribution in [-0.2, 0) is 10.0 Å². The lowest BCUT2D eigenvalue weighted by Crippen LogP contribution is -2.16. The highest BCUT2D eigenvalue weighted by Gasteiger charge is 2.20. The van der Waals surface area contributed by atoms with Crippen LogP contribution in [0, 0.1) is 6.92 Å². The lowest BCUT2D eigenvalue weighted by molar-refractivity contribution is 0.601. The van der Waals surface area contributed by atoms with E-state index >= 15 is 0 Å². The molecule has 0 radical (unpaired) electrons. The van der Waals surface area contributed by atoms with Gasteiger partial charge in [-0.2, -0.15) is 0 Å². The number of halogens is 2. The third-order valence-electron chi connectivity index (χ3n) is 2.61. The van der Waals surface area contributed by atoms with Crippen molar-refractivity contribution in [3.05, 3.63) is 46.2 Å². The Morgan fingerprint density at radius 3 is 2.60 bits per heavy atom. The number of hydrogen-bond donors (Lipinski definition) is 2. The van der Waals surface area contributed by atoms with E-state index < -0.39 is 10.0 Å². The molecule has 1 aromatic carbocycles. The molecule has 0 spiro atoms. The maximum Gasteiger partial charge on any atom is 0.264 e. The van der Waals surface area contributed by atoms with Crippen LogP contribution in [0.4, 0.5) is 11.4 Å². The van der Waals surface area contributed by atoms with E-state index in [1.54, 1.807) is 13.0 Å². The number of hydrogen-bond acceptors (Lipinski definition) is 4. The molecule has 0 bridgehead atoms. The second-order valence-corrected chi connectivity index (χ2v) is 6.53. The van der Waals surface area contributed by atoms with E-state index in [1.165, 1.54) is 24.4 Å². The number of pyridine rings is 1. The second-order valence-electron chi connectivity index (χ2n) is 4.08. The SMILES string of the molecule is Cc1ccnc(Cl)c1NS(=O)(=O)c1cc(Cl)ccc1N. The van der Waals surface area contributed by atoms with E-state index in [0.29, 0.717) is 5.56 Å². The van der Waals surface area contributed by atoms with Gasteiger partial charge >= 0.3 is 0 Å². The summed E-state index contributed by atoms with van der Waals surface area (Å²) in [6.45, 7) is 1.72. The summed E-state index contributed by atoms with van der Waals surface area (Å²) in [5.74, 6) is 0. The van der Waals surface area contributed by atoms with Gasteiger partial charge in [0, 0.05) is 11.2 Å². The minimum atomic E-state index is -3.90. The lowest BCUT2D eigenvalue weighted by Gasteiger charge is -2.13. The molecule has 0 saturated carbocycles. The van der Waals surface area contributed by atoms with Gasteiger partial charge in [0.25, 0.3) is 10.0 Å². The zero-order chi connectivity index (χ0) is 14.9. The van der Waals surface area contributed by atoms with Gasteiger partial charge in [-0.3, -0.25) is 4.72 Å². The molecule has 106 valence electrons. The summed E-state index contributed by atoms with van der Waals surface area (Å²) in [7, 11) is -3.90. The fourth-order valence-electron chi connectivity index (χ4n) is 1.58. The van der Waals surface area contributed by atoms with Gasteiger partial charge in [-0.1, -0.05) is 23.2 Å². The first-order valence-corrected chi connectivity index (χ1v) is 7.74. The summed E-state index contributed by atoms with van der Waals surface area (Å²) in [6, 6.07) is 5.86. The molecular formula is C12H11Cl2N3O2S. The molecule has 1 heterocycles. The van der Waals surface area contributed by atoms with Gasteiger partial charge in [-0.05, 0) is 36.8 Å². The lowest BCUT2D eigenvalue weighted by atomic mass is 10.3. The second kappa shape index (κ2) is 5.47. The Kier molecular flexibility index (Phi) is 4.08. The van der Waals surface area contributed by atoms with E-state index in [2.05, 4.69) is 9.71 Å². The quantitative estimate of drug-likeness (QED) is 0.668. The van der Waals surface area contributed by atoms with Crippen LogP contribution in [0.3, 0.4) is 0 Å². The molecule has 0 atom stereocenters. The van der Waals surface area contributed by atoms with Gasteiger partial charge in [-0.15, -0.1) is 0 Å². The van der Waals surface area contributed by atoms with Crippen LogP contribution in [0.5, 0.6) is 0 Å². The number of benzene rings is 1. The molecular weight excluding hydrogens is 321 g/mol. The third-order valence-corrected chi connectivity index (χ3v) is 4.54. The molecule has 0 aliphatic rings. The predicted octanol–water partition coefficient (Wildman–Crippen LogP) is 3.08. The summed E-state index contributed by atoms with van der Waals surface area (Å²) in [6.07, 6.45) is 1.49. The number of sulfonamides is 1. The molecule has 0 amide bonds. The molecule has 0 fully saturated rings. The number of aromatic nitrogens is 1. The highest BCUT2D eigenvalue weighted by atomic mass is 35.5. The van der Waals surface area contributed by atoms with Crippen LogP contribution in [0.1, 0.15) is 5.56 Å². The Labute approximate surface area is 126 Å². The van der Waals surface area contributed by atoms with Crippen LogP contribution in [0.25, 0.3) is 0 Å². The Hall–Kier alpha value is -1.50. The average Bonchev–Trinajstić information content (AvgIpc) is 2.37. The van der Waals surface area contributed by atoms with Crippen LogP contribution in [-0.4, -0.2) is 13.4 Å². The van der Waals surface area contributed by atoms with E-state index in [1.807, 2.05) is 0 Å². The van der Waals surface area contributed by atoms with Gasteiger partial charge in [0.1, 0.15) is 4.90 Å². The van der Waals surface area contributed by atoms with Gasteiger partial charge in [0.05, 0.1) is 11.4 Å². The van der Waals surface area contributed by atoms with Crippen molar-refractivity contribution in [2.24, 2.45) is 0 Å². The van der Waals surface area contributed by atoms with Crippen molar-refractivity contribution in [1.29, 1.82) is 0 Å².